The minimum Gasteiger partial charge on any atom is -0.857 e. The monoisotopic (exact) mass is 521 g/mol. The molecule has 0 radical (unpaired) electrons. The number of oxime groups is 1. The van der Waals surface area contributed by atoms with Crippen LogP contribution in [0, 0.1) is 0 Å². The van der Waals surface area contributed by atoms with Crippen molar-refractivity contribution in [3.05, 3.63) is 33.2 Å². The van der Waals surface area contributed by atoms with Gasteiger partial charge in [0, 0.05) is 28.0 Å². The SMILES string of the molecule is CO/N=C(/C([O-])=N[C@@H]1C(=O)N2C(C(=O)O)=C(S/C=C\C(=O)OC)CS[C@H]12)c1csc(N)n1.[Na+]. The summed E-state index contributed by atoms with van der Waals surface area (Å²) in [6.07, 6.45) is 1.14. The van der Waals surface area contributed by atoms with E-state index in [1.165, 1.54) is 36.8 Å². The van der Waals surface area contributed by atoms with Crippen LogP contribution in [0.25, 0.3) is 0 Å². The molecule has 3 heterocycles. The predicted octanol–water partition coefficient (Wildman–Crippen LogP) is -3.16. The molecule has 3 N–H and O–H groups in total. The van der Waals surface area contributed by atoms with Gasteiger partial charge < -0.3 is 25.5 Å². The number of esters is 1. The molecule has 16 heteroatoms. The van der Waals surface area contributed by atoms with Gasteiger partial charge in [-0.1, -0.05) is 16.9 Å². The van der Waals surface area contributed by atoms with E-state index in [4.69, 9.17) is 5.73 Å². The van der Waals surface area contributed by atoms with E-state index in [2.05, 4.69) is 24.7 Å². The molecule has 12 nitrogen and oxygen atoms in total. The number of fused-ring (bicyclic) bond motifs is 1. The Kier molecular flexibility index (Phi) is 9.81. The number of thioether (sulfide) groups is 2. The summed E-state index contributed by atoms with van der Waals surface area (Å²) in [5.74, 6) is -3.13. The Hall–Kier alpha value is -2.04. The Morgan fingerprint density at radius 3 is 2.76 bits per heavy atom. The molecule has 2 atom stereocenters. The molecular formula is C17H16N5NaO7S3. The molecule has 1 fully saturated rings. The molecule has 170 valence electrons. The number of carboxylic acids is 1. The van der Waals surface area contributed by atoms with E-state index in [1.54, 1.807) is 0 Å². The largest absolute Gasteiger partial charge is 1.00 e. The Bertz CT molecular complexity index is 1070. The molecule has 0 bridgehead atoms. The Labute approximate surface area is 222 Å². The van der Waals surface area contributed by atoms with E-state index in [1.807, 2.05) is 0 Å². The summed E-state index contributed by atoms with van der Waals surface area (Å²) in [7, 11) is 2.46. The van der Waals surface area contributed by atoms with Crippen LogP contribution < -0.4 is 40.4 Å². The van der Waals surface area contributed by atoms with E-state index in [-0.39, 0.29) is 57.5 Å². The number of carbonyl (C=O) groups excluding carboxylic acids is 2. The summed E-state index contributed by atoms with van der Waals surface area (Å²) in [5.41, 5.74) is 5.32. The van der Waals surface area contributed by atoms with Gasteiger partial charge in [-0.15, -0.1) is 23.1 Å². The van der Waals surface area contributed by atoms with Crippen molar-refractivity contribution in [1.29, 1.82) is 0 Å². The van der Waals surface area contributed by atoms with Crippen molar-refractivity contribution >= 4 is 69.4 Å². The van der Waals surface area contributed by atoms with E-state index in [9.17, 15) is 24.6 Å². The van der Waals surface area contributed by atoms with Crippen LogP contribution >= 0.6 is 34.9 Å². The molecule has 1 aromatic rings. The maximum atomic E-state index is 12.7. The van der Waals surface area contributed by atoms with Crippen molar-refractivity contribution in [3.63, 3.8) is 0 Å². The number of aromatic nitrogens is 1. The van der Waals surface area contributed by atoms with Gasteiger partial charge in [0.15, 0.2) is 11.2 Å². The van der Waals surface area contributed by atoms with Crippen LogP contribution in [0.1, 0.15) is 5.69 Å². The first-order valence-corrected chi connectivity index (χ1v) is 11.5. The van der Waals surface area contributed by atoms with Gasteiger partial charge in [-0.25, -0.2) is 14.6 Å². The number of aliphatic carboxylic acids is 1. The van der Waals surface area contributed by atoms with Gasteiger partial charge in [-0.3, -0.25) is 14.7 Å². The molecule has 2 aliphatic rings. The van der Waals surface area contributed by atoms with E-state index >= 15 is 0 Å². The zero-order valence-electron chi connectivity index (χ0n) is 17.6. The molecule has 0 saturated carbocycles. The number of nitrogens with zero attached hydrogens (tertiary/aromatic N) is 4. The zero-order valence-corrected chi connectivity index (χ0v) is 22.0. The van der Waals surface area contributed by atoms with Gasteiger partial charge in [0.2, 0.25) is 0 Å². The first-order valence-electron chi connectivity index (χ1n) is 8.68. The van der Waals surface area contributed by atoms with Gasteiger partial charge in [0.05, 0.1) is 7.11 Å². The number of thiazole rings is 1. The predicted molar refractivity (Wildman–Crippen MR) is 118 cm³/mol. The van der Waals surface area contributed by atoms with Crippen LogP contribution in [0.3, 0.4) is 0 Å². The number of β-lactam (4-membered cyclic amide) rings is 1. The molecule has 1 amide bonds. The van der Waals surface area contributed by atoms with Crippen LogP contribution in [0.2, 0.25) is 0 Å². The van der Waals surface area contributed by atoms with Gasteiger partial charge >= 0.3 is 41.5 Å². The summed E-state index contributed by atoms with van der Waals surface area (Å²) >= 11 is 3.34. The Balaban J connectivity index is 0.00000385. The van der Waals surface area contributed by atoms with Crippen molar-refractivity contribution in [1.82, 2.24) is 9.88 Å². The van der Waals surface area contributed by atoms with E-state index < -0.39 is 35.2 Å². The minimum atomic E-state index is -1.30. The smallest absolute Gasteiger partial charge is 0.857 e. The van der Waals surface area contributed by atoms with Gasteiger partial charge in [-0.05, 0) is 5.41 Å². The summed E-state index contributed by atoms with van der Waals surface area (Å²) in [4.78, 5) is 49.8. The number of aliphatic imine (C=N–C) groups is 1. The summed E-state index contributed by atoms with van der Waals surface area (Å²) in [5, 5.41) is 28.4. The van der Waals surface area contributed by atoms with Crippen molar-refractivity contribution in [3.8, 4) is 0 Å². The number of amides is 1. The molecule has 33 heavy (non-hydrogen) atoms. The third kappa shape index (κ3) is 5.91. The van der Waals surface area contributed by atoms with Crippen molar-refractivity contribution in [2.24, 2.45) is 10.1 Å². The third-order valence-corrected chi connectivity index (χ3v) is 7.15. The average Bonchev–Trinajstić information content (AvgIpc) is 3.20. The van der Waals surface area contributed by atoms with Crippen molar-refractivity contribution < 1.29 is 63.7 Å². The van der Waals surface area contributed by atoms with E-state index in [0.29, 0.717) is 4.91 Å². The number of rotatable bonds is 8. The molecule has 1 aromatic heterocycles. The topological polar surface area (TPSA) is 180 Å². The number of nitrogen functional groups attached to an aromatic ring is 1. The number of hydrogen-bond acceptors (Lipinski definition) is 13. The maximum Gasteiger partial charge on any atom is 1.00 e. The van der Waals surface area contributed by atoms with Crippen LogP contribution in [-0.4, -0.2) is 75.8 Å². The van der Waals surface area contributed by atoms with E-state index in [0.717, 1.165) is 34.1 Å². The van der Waals surface area contributed by atoms with Crippen LogP contribution in [0.5, 0.6) is 0 Å². The first kappa shape index (κ1) is 27.2. The summed E-state index contributed by atoms with van der Waals surface area (Å²) in [6, 6.07) is -1.09. The van der Waals surface area contributed by atoms with Crippen LogP contribution in [0.15, 0.2) is 37.6 Å². The van der Waals surface area contributed by atoms with Gasteiger partial charge in [-0.2, -0.15) is 0 Å². The molecule has 0 aromatic carbocycles. The van der Waals surface area contributed by atoms with Crippen LogP contribution in [0.4, 0.5) is 5.13 Å². The molecule has 1 saturated heterocycles. The van der Waals surface area contributed by atoms with Crippen molar-refractivity contribution in [2.45, 2.75) is 11.4 Å². The van der Waals surface area contributed by atoms with Gasteiger partial charge in [0.25, 0.3) is 5.91 Å². The summed E-state index contributed by atoms with van der Waals surface area (Å²) < 4.78 is 4.49. The second-order valence-corrected chi connectivity index (χ2v) is 9.00. The maximum absolute atomic E-state index is 12.7. The Morgan fingerprint density at radius 2 is 2.18 bits per heavy atom. The molecule has 0 spiro atoms. The third-order valence-electron chi connectivity index (χ3n) is 4.13. The normalized spacial score (nSPS) is 20.8. The standard InChI is InChI=1S/C17H17N5O7S3.Na/c1-28-9(23)3-4-30-8-6-31-15-11(14(25)22(15)12(8)16(26)27)20-13(24)10(21-29-2)7-5-32-17(18)19-7;/h3-5,11,15H,6H2,1-2H3,(H2,18,19)(H,20,24)(H,26,27);/q;+1/p-1/b4-3-,21-10+;/t11-,15-;/m1./s1. The number of ether oxygens (including phenoxy) is 1. The van der Waals surface area contributed by atoms with Crippen molar-refractivity contribution in [2.75, 3.05) is 25.7 Å². The fourth-order valence-corrected chi connectivity index (χ4v) is 5.60. The molecule has 0 aliphatic carbocycles. The molecule has 0 unspecified atom stereocenters. The average molecular weight is 522 g/mol. The number of anilines is 1. The number of nitrogens with two attached hydrogens (primary N) is 1. The minimum absolute atomic E-state index is 0. The molecule has 3 rings (SSSR count). The number of carbonyl (C=O) groups is 3. The number of hydrogen-bond donors (Lipinski definition) is 2. The second kappa shape index (κ2) is 11.9. The second-order valence-electron chi connectivity index (χ2n) is 6.00. The number of methoxy groups -OCH3 is 1. The fourth-order valence-electron chi connectivity index (χ4n) is 2.76. The molecular weight excluding hydrogens is 505 g/mol. The summed E-state index contributed by atoms with van der Waals surface area (Å²) in [6.45, 7) is 0. The first-order chi connectivity index (χ1) is 15.3. The number of carboxylic acid groups (broad SMARTS) is 1. The zero-order chi connectivity index (χ0) is 23.4. The fraction of sp³-hybridized carbons (Fsp3) is 0.294. The molecule has 2 aliphatic heterocycles. The van der Waals surface area contributed by atoms with Gasteiger partial charge in [0.1, 0.15) is 29.6 Å². The quantitative estimate of drug-likeness (QED) is 0.0670. The van der Waals surface area contributed by atoms with Crippen LogP contribution in [-0.2, 0) is 24.0 Å². The Morgan fingerprint density at radius 1 is 1.45 bits per heavy atom.